The van der Waals surface area contributed by atoms with Gasteiger partial charge in [0.25, 0.3) is 0 Å². The maximum atomic E-state index is 2.15. The number of benzene rings is 3. The van der Waals surface area contributed by atoms with Crippen LogP contribution in [0.25, 0.3) is 11.1 Å². The van der Waals surface area contributed by atoms with E-state index < -0.39 is 0 Å². The molecule has 0 aromatic heterocycles. The molecular formula is C18H18Si. The molecule has 0 fully saturated rings. The van der Waals surface area contributed by atoms with Gasteiger partial charge in [-0.2, -0.15) is 0 Å². The molecule has 3 aromatic carbocycles. The second-order valence-corrected chi connectivity index (χ2v) is 5.54. The molecule has 0 saturated heterocycles. The van der Waals surface area contributed by atoms with E-state index in [9.17, 15) is 0 Å². The maximum absolute atomic E-state index is 2.15. The van der Waals surface area contributed by atoms with Crippen LogP contribution < -0.4 is 5.19 Å². The Kier molecular flexibility index (Phi) is 5.14. The quantitative estimate of drug-likeness (QED) is 0.591. The van der Waals surface area contributed by atoms with E-state index in [0.29, 0.717) is 0 Å². The van der Waals surface area contributed by atoms with Crippen molar-refractivity contribution in [2.75, 3.05) is 0 Å². The molecule has 0 radical (unpaired) electrons. The molecule has 0 aliphatic rings. The lowest BCUT2D eigenvalue weighted by molar-refractivity contribution is 1.62. The van der Waals surface area contributed by atoms with Gasteiger partial charge in [-0.3, -0.25) is 0 Å². The molecule has 0 aliphatic carbocycles. The van der Waals surface area contributed by atoms with E-state index in [0.717, 1.165) is 0 Å². The topological polar surface area (TPSA) is 0 Å². The van der Waals surface area contributed by atoms with Crippen molar-refractivity contribution in [2.45, 2.75) is 0 Å². The van der Waals surface area contributed by atoms with Crippen molar-refractivity contribution in [2.24, 2.45) is 0 Å². The predicted molar refractivity (Wildman–Crippen MR) is 87.9 cm³/mol. The van der Waals surface area contributed by atoms with Gasteiger partial charge < -0.3 is 0 Å². The number of rotatable bonds is 1. The first kappa shape index (κ1) is 13.3. The maximum Gasteiger partial charge on any atom is 0.0384 e. The zero-order valence-electron chi connectivity index (χ0n) is 11.2. The molecule has 0 aliphatic heterocycles. The standard InChI is InChI=1S/C12H10.C6H8Si/c1-3-7-11(8-4-1)12-9-5-2-6-10-12;7-6-4-2-1-3-5-6/h1-10H;1-5H,7H3. The van der Waals surface area contributed by atoms with Crippen molar-refractivity contribution >= 4 is 15.4 Å². The van der Waals surface area contributed by atoms with Gasteiger partial charge in [0.15, 0.2) is 0 Å². The van der Waals surface area contributed by atoms with E-state index in [1.165, 1.54) is 26.6 Å². The fourth-order valence-electron chi connectivity index (χ4n) is 1.80. The summed E-state index contributed by atoms with van der Waals surface area (Å²) in [6.45, 7) is 0. The first-order valence-electron chi connectivity index (χ1n) is 6.48. The van der Waals surface area contributed by atoms with Crippen LogP contribution in [0.3, 0.4) is 0 Å². The minimum Gasteiger partial charge on any atom is -0.0708 e. The highest BCUT2D eigenvalue weighted by molar-refractivity contribution is 6.32. The van der Waals surface area contributed by atoms with Crippen LogP contribution in [-0.4, -0.2) is 10.2 Å². The zero-order chi connectivity index (χ0) is 13.3. The van der Waals surface area contributed by atoms with Gasteiger partial charge in [-0.05, 0) is 11.1 Å². The Morgan fingerprint density at radius 2 is 0.737 bits per heavy atom. The Labute approximate surface area is 118 Å². The summed E-state index contributed by atoms with van der Waals surface area (Å²) in [7, 11) is 1.17. The Balaban J connectivity index is 0.000000163. The lowest BCUT2D eigenvalue weighted by Crippen LogP contribution is -1.97. The third kappa shape index (κ3) is 4.57. The zero-order valence-corrected chi connectivity index (χ0v) is 13.2. The van der Waals surface area contributed by atoms with E-state index in [2.05, 4.69) is 72.8 Å². The summed E-state index contributed by atoms with van der Waals surface area (Å²) in [5.41, 5.74) is 2.55. The first-order valence-corrected chi connectivity index (χ1v) is 7.48. The van der Waals surface area contributed by atoms with Crippen LogP contribution in [0.5, 0.6) is 0 Å². The second-order valence-electron chi connectivity index (χ2n) is 4.39. The lowest BCUT2D eigenvalue weighted by Gasteiger charge is -1.98. The summed E-state index contributed by atoms with van der Waals surface area (Å²) in [6.07, 6.45) is 0. The molecule has 0 N–H and O–H groups in total. The molecule has 94 valence electrons. The van der Waals surface area contributed by atoms with Crippen LogP contribution in [0, 0.1) is 0 Å². The summed E-state index contributed by atoms with van der Waals surface area (Å²) in [4.78, 5) is 0. The van der Waals surface area contributed by atoms with E-state index in [1.807, 2.05) is 18.2 Å². The first-order chi connectivity index (χ1) is 9.36. The molecule has 1 heteroatoms. The van der Waals surface area contributed by atoms with Crippen LogP contribution in [-0.2, 0) is 0 Å². The molecule has 0 saturated carbocycles. The van der Waals surface area contributed by atoms with Gasteiger partial charge in [-0.15, -0.1) is 0 Å². The van der Waals surface area contributed by atoms with Gasteiger partial charge in [0.1, 0.15) is 0 Å². The smallest absolute Gasteiger partial charge is 0.0384 e. The summed E-state index contributed by atoms with van der Waals surface area (Å²) < 4.78 is 0. The van der Waals surface area contributed by atoms with E-state index in [-0.39, 0.29) is 0 Å². The number of hydrogen-bond acceptors (Lipinski definition) is 0. The van der Waals surface area contributed by atoms with Crippen LogP contribution in [0.2, 0.25) is 0 Å². The highest BCUT2D eigenvalue weighted by Gasteiger charge is 1.91. The molecule has 0 atom stereocenters. The minimum atomic E-state index is 1.17. The molecule has 0 bridgehead atoms. The molecule has 0 amide bonds. The third-order valence-electron chi connectivity index (χ3n) is 2.82. The molecule has 0 spiro atoms. The molecule has 3 rings (SSSR count). The highest BCUT2D eigenvalue weighted by atomic mass is 28.1. The molecule has 3 aromatic rings. The van der Waals surface area contributed by atoms with Crippen LogP contribution >= 0.6 is 0 Å². The van der Waals surface area contributed by atoms with E-state index >= 15 is 0 Å². The largest absolute Gasteiger partial charge is 0.0708 e. The van der Waals surface area contributed by atoms with Crippen molar-refractivity contribution in [3.8, 4) is 11.1 Å². The lowest BCUT2D eigenvalue weighted by atomic mass is 10.1. The Morgan fingerprint density at radius 3 is 1.00 bits per heavy atom. The fourth-order valence-corrected chi connectivity index (χ4v) is 2.18. The Bertz CT molecular complexity index is 536. The minimum absolute atomic E-state index is 1.17. The fraction of sp³-hybridized carbons (Fsp3) is 0. The van der Waals surface area contributed by atoms with Gasteiger partial charge >= 0.3 is 0 Å². The van der Waals surface area contributed by atoms with Gasteiger partial charge in [-0.1, -0.05) is 96.2 Å². The van der Waals surface area contributed by atoms with E-state index in [4.69, 9.17) is 0 Å². The van der Waals surface area contributed by atoms with Gasteiger partial charge in [-0.25, -0.2) is 0 Å². The Hall–Kier alpha value is -2.12. The van der Waals surface area contributed by atoms with E-state index in [1.54, 1.807) is 0 Å². The van der Waals surface area contributed by atoms with Crippen molar-refractivity contribution in [3.05, 3.63) is 91.0 Å². The number of hydrogen-bond donors (Lipinski definition) is 0. The average molecular weight is 262 g/mol. The van der Waals surface area contributed by atoms with Crippen molar-refractivity contribution < 1.29 is 0 Å². The normalized spacial score (nSPS) is 9.47. The van der Waals surface area contributed by atoms with Crippen LogP contribution in [0.1, 0.15) is 0 Å². The van der Waals surface area contributed by atoms with Gasteiger partial charge in [0, 0.05) is 10.2 Å². The molecule has 19 heavy (non-hydrogen) atoms. The Morgan fingerprint density at radius 1 is 0.421 bits per heavy atom. The summed E-state index contributed by atoms with van der Waals surface area (Å²) in [6, 6.07) is 31.3. The van der Waals surface area contributed by atoms with Crippen molar-refractivity contribution in [3.63, 3.8) is 0 Å². The SMILES string of the molecule is [SiH3]c1ccccc1.c1ccc(-c2ccccc2)cc1. The molecule has 0 heterocycles. The summed E-state index contributed by atoms with van der Waals surface area (Å²) >= 11 is 0. The molecular weight excluding hydrogens is 244 g/mol. The van der Waals surface area contributed by atoms with Gasteiger partial charge in [0.2, 0.25) is 0 Å². The van der Waals surface area contributed by atoms with Gasteiger partial charge in [0.05, 0.1) is 0 Å². The third-order valence-corrected chi connectivity index (χ3v) is 3.49. The molecule has 0 unspecified atom stereocenters. The second kappa shape index (κ2) is 7.34. The molecule has 0 nitrogen and oxygen atoms in total. The van der Waals surface area contributed by atoms with Crippen molar-refractivity contribution in [1.82, 2.24) is 0 Å². The monoisotopic (exact) mass is 262 g/mol. The van der Waals surface area contributed by atoms with Crippen LogP contribution in [0.4, 0.5) is 0 Å². The van der Waals surface area contributed by atoms with Crippen LogP contribution in [0.15, 0.2) is 91.0 Å². The average Bonchev–Trinajstić information content (AvgIpc) is 2.51. The highest BCUT2D eigenvalue weighted by Crippen LogP contribution is 2.17. The summed E-state index contributed by atoms with van der Waals surface area (Å²) in [5.74, 6) is 0. The predicted octanol–water partition coefficient (Wildman–Crippen LogP) is 3.03. The van der Waals surface area contributed by atoms with Crippen molar-refractivity contribution in [1.29, 1.82) is 0 Å². The summed E-state index contributed by atoms with van der Waals surface area (Å²) in [5, 5.41) is 1.46.